The number of aliphatic hydroxyl groups excluding tert-OH is 1. The van der Waals surface area contributed by atoms with Gasteiger partial charge in [0.05, 0.1) is 12.1 Å². The minimum atomic E-state index is -1.44. The quantitative estimate of drug-likeness (QED) is 0.511. The normalized spacial score (nSPS) is 11.2. The minimum absolute atomic E-state index is 0.921. The third kappa shape index (κ3) is 4.75. The zero-order valence-corrected chi connectivity index (χ0v) is 9.67. The van der Waals surface area contributed by atoms with E-state index in [1.165, 1.54) is 5.56 Å². The predicted molar refractivity (Wildman–Crippen MR) is 54.6 cm³/mol. The Morgan fingerprint density at radius 3 is 2.44 bits per heavy atom. The van der Waals surface area contributed by atoms with Gasteiger partial charge in [-0.25, -0.2) is 0 Å². The van der Waals surface area contributed by atoms with Gasteiger partial charge in [0.2, 0.25) is 11.9 Å². The molecule has 0 amide bonds. The number of pyridine rings is 1. The van der Waals surface area contributed by atoms with E-state index in [-0.39, 0.29) is 0 Å². The molecule has 0 fully saturated rings. The van der Waals surface area contributed by atoms with Gasteiger partial charge < -0.3 is 15.0 Å². The number of nitrogens with zero attached hydrogens (tertiary/aromatic N) is 1. The summed E-state index contributed by atoms with van der Waals surface area (Å²) in [6.45, 7) is 5.11. The molecule has 16 heavy (non-hydrogen) atoms. The zero-order chi connectivity index (χ0) is 12.7. The Morgan fingerprint density at radius 1 is 1.62 bits per heavy atom. The molecule has 1 unspecified atom stereocenters. The lowest BCUT2D eigenvalue weighted by Crippen LogP contribution is -2.33. The Hall–Kier alpha value is -1.62. The number of aromatic nitrogens is 1. The summed E-state index contributed by atoms with van der Waals surface area (Å²) in [5.41, 5.74) is 2.11. The highest BCUT2D eigenvalue weighted by Gasteiger charge is 2.06. The van der Waals surface area contributed by atoms with Gasteiger partial charge in [0.15, 0.2) is 0 Å². The van der Waals surface area contributed by atoms with Crippen molar-refractivity contribution in [3.8, 4) is 0 Å². The van der Waals surface area contributed by atoms with Crippen LogP contribution in [0.3, 0.4) is 0 Å². The van der Waals surface area contributed by atoms with Crippen molar-refractivity contribution >= 4 is 5.97 Å². The van der Waals surface area contributed by atoms with Crippen LogP contribution in [0.2, 0.25) is 0 Å². The maximum absolute atomic E-state index is 9.34. The highest BCUT2D eigenvalue weighted by Crippen LogP contribution is 2.00. The SMILES string of the molecule is CC(O)C(=O)[O-].CCc1ccc[n+](O)c1C. The first-order valence-electron chi connectivity index (χ1n) is 4.98. The number of aliphatic carboxylic acids is 1. The Kier molecular flexibility index (Phi) is 6.10. The van der Waals surface area contributed by atoms with Crippen molar-refractivity contribution in [2.75, 3.05) is 0 Å². The van der Waals surface area contributed by atoms with Crippen LogP contribution in [0, 0.1) is 6.92 Å². The second-order valence-electron chi connectivity index (χ2n) is 3.31. The summed E-state index contributed by atoms with van der Waals surface area (Å²) in [5.74, 6) is -1.44. The second kappa shape index (κ2) is 6.79. The molecule has 0 aliphatic rings. The maximum Gasteiger partial charge on any atom is 0.234 e. The van der Waals surface area contributed by atoms with Crippen LogP contribution in [0.1, 0.15) is 25.1 Å². The molecule has 0 bridgehead atoms. The number of aryl methyl sites for hydroxylation is 1. The molecule has 0 spiro atoms. The number of carbonyl (C=O) groups excluding carboxylic acids is 1. The highest BCUT2D eigenvalue weighted by molar-refractivity contribution is 5.68. The number of carbonyl (C=O) groups is 1. The molecule has 0 radical (unpaired) electrons. The van der Waals surface area contributed by atoms with Crippen molar-refractivity contribution in [3.05, 3.63) is 29.6 Å². The number of rotatable bonds is 2. The lowest BCUT2D eigenvalue weighted by atomic mass is 10.1. The molecule has 0 saturated heterocycles. The van der Waals surface area contributed by atoms with E-state index >= 15 is 0 Å². The van der Waals surface area contributed by atoms with Gasteiger partial charge in [-0.05, 0) is 19.4 Å². The summed E-state index contributed by atoms with van der Waals surface area (Å²) in [6.07, 6.45) is 1.26. The van der Waals surface area contributed by atoms with Gasteiger partial charge >= 0.3 is 0 Å². The van der Waals surface area contributed by atoms with E-state index < -0.39 is 12.1 Å². The third-order valence-electron chi connectivity index (χ3n) is 2.06. The topological polar surface area (TPSA) is 84.5 Å². The standard InChI is InChI=1S/C8H12NO.C3H6O3/c1-3-8-5-4-6-9(10)7(8)2;1-2(4)3(5)6/h4-6,10H,3H2,1-2H3;2,4H,1H3,(H,5,6)/q+1;/p-1. The summed E-state index contributed by atoms with van der Waals surface area (Å²) >= 11 is 0. The second-order valence-corrected chi connectivity index (χ2v) is 3.31. The first kappa shape index (κ1) is 14.4. The van der Waals surface area contributed by atoms with E-state index in [0.717, 1.165) is 23.8 Å². The van der Waals surface area contributed by atoms with Gasteiger partial charge in [0.25, 0.3) is 0 Å². The van der Waals surface area contributed by atoms with Crippen molar-refractivity contribution < 1.29 is 24.9 Å². The molecule has 1 aromatic rings. The van der Waals surface area contributed by atoms with Gasteiger partial charge in [-0.2, -0.15) is 0 Å². The molecular formula is C11H17NO4. The molecule has 0 saturated carbocycles. The molecule has 5 nitrogen and oxygen atoms in total. The van der Waals surface area contributed by atoms with Gasteiger partial charge in [0, 0.05) is 23.3 Å². The van der Waals surface area contributed by atoms with Crippen LogP contribution in [-0.4, -0.2) is 22.4 Å². The van der Waals surface area contributed by atoms with Crippen molar-refractivity contribution in [1.29, 1.82) is 0 Å². The molecule has 1 heterocycles. The Morgan fingerprint density at radius 2 is 2.12 bits per heavy atom. The Balaban J connectivity index is 0.000000325. The summed E-state index contributed by atoms with van der Waals surface area (Å²) in [7, 11) is 0. The fourth-order valence-corrected chi connectivity index (χ4v) is 0.994. The summed E-state index contributed by atoms with van der Waals surface area (Å²) < 4.78 is 1.15. The van der Waals surface area contributed by atoms with E-state index in [1.54, 1.807) is 6.20 Å². The van der Waals surface area contributed by atoms with Gasteiger partial charge in [0.1, 0.15) is 0 Å². The molecule has 1 atom stereocenters. The predicted octanol–water partition coefficient (Wildman–Crippen LogP) is -0.801. The van der Waals surface area contributed by atoms with Gasteiger partial charge in [-0.15, -0.1) is 0 Å². The molecule has 1 rings (SSSR count). The minimum Gasteiger partial charge on any atom is -0.547 e. The van der Waals surface area contributed by atoms with Crippen molar-refractivity contribution in [2.45, 2.75) is 33.3 Å². The van der Waals surface area contributed by atoms with Crippen LogP contribution in [0.5, 0.6) is 0 Å². The summed E-state index contributed by atoms with van der Waals surface area (Å²) in [4.78, 5) is 9.34. The molecule has 90 valence electrons. The van der Waals surface area contributed by atoms with Crippen molar-refractivity contribution in [2.24, 2.45) is 0 Å². The van der Waals surface area contributed by atoms with Crippen LogP contribution in [0.15, 0.2) is 18.3 Å². The third-order valence-corrected chi connectivity index (χ3v) is 2.06. The van der Waals surface area contributed by atoms with E-state index in [1.807, 2.05) is 19.1 Å². The first-order valence-corrected chi connectivity index (χ1v) is 4.98. The smallest absolute Gasteiger partial charge is 0.234 e. The monoisotopic (exact) mass is 227 g/mol. The molecule has 2 N–H and O–H groups in total. The molecule has 0 aromatic carbocycles. The number of carboxylic acid groups (broad SMARTS) is 1. The van der Waals surface area contributed by atoms with Crippen LogP contribution in [0.4, 0.5) is 0 Å². The molecule has 0 aliphatic carbocycles. The summed E-state index contributed by atoms with van der Waals surface area (Å²) in [5, 5.41) is 26.5. The van der Waals surface area contributed by atoms with Gasteiger partial charge in [-0.1, -0.05) is 6.92 Å². The number of aliphatic hydroxyl groups is 1. The Labute approximate surface area is 94.6 Å². The number of hydrogen-bond acceptors (Lipinski definition) is 4. The van der Waals surface area contributed by atoms with Crippen molar-refractivity contribution in [1.82, 2.24) is 0 Å². The highest BCUT2D eigenvalue weighted by atomic mass is 16.5. The average Bonchev–Trinajstić information content (AvgIpc) is 2.23. The first-order chi connectivity index (χ1) is 7.40. The van der Waals surface area contributed by atoms with E-state index in [4.69, 9.17) is 10.3 Å². The van der Waals surface area contributed by atoms with Crippen LogP contribution in [-0.2, 0) is 11.2 Å². The molecule has 0 aliphatic heterocycles. The number of hydrogen-bond donors (Lipinski definition) is 2. The Bertz CT molecular complexity index is 350. The van der Waals surface area contributed by atoms with E-state index in [0.29, 0.717) is 0 Å². The van der Waals surface area contributed by atoms with Crippen LogP contribution >= 0.6 is 0 Å². The molecule has 1 aromatic heterocycles. The van der Waals surface area contributed by atoms with E-state index in [9.17, 15) is 9.90 Å². The van der Waals surface area contributed by atoms with Crippen LogP contribution in [0.25, 0.3) is 0 Å². The molecule has 5 heteroatoms. The average molecular weight is 227 g/mol. The molecular weight excluding hydrogens is 210 g/mol. The van der Waals surface area contributed by atoms with Crippen LogP contribution < -0.4 is 9.84 Å². The van der Waals surface area contributed by atoms with Gasteiger partial charge in [-0.3, -0.25) is 5.21 Å². The maximum atomic E-state index is 9.34. The zero-order valence-electron chi connectivity index (χ0n) is 9.67. The fourth-order valence-electron chi connectivity index (χ4n) is 0.994. The van der Waals surface area contributed by atoms with Crippen molar-refractivity contribution in [3.63, 3.8) is 0 Å². The summed E-state index contributed by atoms with van der Waals surface area (Å²) in [6, 6.07) is 3.86. The lowest BCUT2D eigenvalue weighted by molar-refractivity contribution is -0.909. The fraction of sp³-hybridized carbons (Fsp3) is 0.455. The lowest BCUT2D eigenvalue weighted by Gasteiger charge is -2.00. The van der Waals surface area contributed by atoms with E-state index in [2.05, 4.69) is 6.92 Å². The largest absolute Gasteiger partial charge is 0.547 e. The number of carboxylic acids is 1.